The van der Waals surface area contributed by atoms with Gasteiger partial charge in [-0.2, -0.15) is 0 Å². The summed E-state index contributed by atoms with van der Waals surface area (Å²) in [5, 5.41) is 1.17. The van der Waals surface area contributed by atoms with E-state index < -0.39 is 5.82 Å². The van der Waals surface area contributed by atoms with Crippen LogP contribution in [0.25, 0.3) is 0 Å². The lowest BCUT2D eigenvalue weighted by atomic mass is 10.00. The number of benzene rings is 3. The maximum absolute atomic E-state index is 13.5. The number of carbonyl (C=O) groups excluding carboxylic acids is 1. The van der Waals surface area contributed by atoms with Crippen molar-refractivity contribution in [2.24, 2.45) is 0 Å². The molecule has 4 nitrogen and oxygen atoms in total. The summed E-state index contributed by atoms with van der Waals surface area (Å²) in [6.45, 7) is 1.38. The highest BCUT2D eigenvalue weighted by Gasteiger charge is 2.32. The van der Waals surface area contributed by atoms with Gasteiger partial charge < -0.3 is 15.5 Å². The van der Waals surface area contributed by atoms with Gasteiger partial charge in [0.05, 0.1) is 22.3 Å². The minimum Gasteiger partial charge on any atom is -0.398 e. The number of rotatable bonds is 3. The average molecular weight is 468 g/mol. The van der Waals surface area contributed by atoms with Gasteiger partial charge in [0, 0.05) is 35.9 Å². The molecule has 3 aromatic carbocycles. The topological polar surface area (TPSA) is 49.6 Å². The first-order valence-corrected chi connectivity index (χ1v) is 10.8. The molecule has 1 saturated heterocycles. The molecule has 1 amide bonds. The van der Waals surface area contributed by atoms with Crippen LogP contribution in [0.5, 0.6) is 0 Å². The highest BCUT2D eigenvalue weighted by atomic mass is 35.5. The van der Waals surface area contributed by atoms with E-state index in [1.54, 1.807) is 11.0 Å². The molecule has 0 spiro atoms. The molecule has 1 fully saturated rings. The molecule has 1 heterocycles. The number of nitrogens with two attached hydrogens (primary N) is 1. The first kappa shape index (κ1) is 22.0. The zero-order valence-electron chi connectivity index (χ0n) is 17.1. The van der Waals surface area contributed by atoms with Gasteiger partial charge in [0.15, 0.2) is 0 Å². The van der Waals surface area contributed by atoms with Crippen molar-refractivity contribution in [3.05, 3.63) is 93.2 Å². The third-order valence-electron chi connectivity index (χ3n) is 5.59. The predicted octanol–water partition coefficient (Wildman–Crippen LogP) is 5.40. The molecule has 0 saturated carbocycles. The first-order valence-electron chi connectivity index (χ1n) is 10.00. The van der Waals surface area contributed by atoms with Crippen molar-refractivity contribution in [3.8, 4) is 12.3 Å². The van der Waals surface area contributed by atoms with Crippen LogP contribution >= 0.6 is 23.2 Å². The largest absolute Gasteiger partial charge is 0.398 e. The number of carbonyl (C=O) groups is 1. The molecule has 4 rings (SSSR count). The lowest BCUT2D eigenvalue weighted by Gasteiger charge is -2.43. The van der Waals surface area contributed by atoms with E-state index >= 15 is 0 Å². The Morgan fingerprint density at radius 1 is 1.06 bits per heavy atom. The van der Waals surface area contributed by atoms with E-state index in [0.29, 0.717) is 35.2 Å². The maximum Gasteiger partial charge on any atom is 0.256 e. The molecule has 3 aromatic rings. The molecule has 162 valence electrons. The number of terminal acetylenes is 1. The van der Waals surface area contributed by atoms with Gasteiger partial charge in [0.2, 0.25) is 0 Å². The van der Waals surface area contributed by atoms with Gasteiger partial charge in [-0.3, -0.25) is 4.79 Å². The number of nitrogens with zero attached hydrogens (tertiary/aromatic N) is 2. The number of nitrogen functional groups attached to an aromatic ring is 1. The second-order valence-corrected chi connectivity index (χ2v) is 8.40. The first-order chi connectivity index (χ1) is 15.4. The molecular weight excluding hydrogens is 448 g/mol. The highest BCUT2D eigenvalue weighted by Crippen LogP contribution is 2.36. The van der Waals surface area contributed by atoms with Gasteiger partial charge in [-0.25, -0.2) is 4.39 Å². The van der Waals surface area contributed by atoms with Gasteiger partial charge >= 0.3 is 0 Å². The van der Waals surface area contributed by atoms with Gasteiger partial charge in [0.1, 0.15) is 5.82 Å². The Morgan fingerprint density at radius 2 is 1.81 bits per heavy atom. The van der Waals surface area contributed by atoms with Crippen LogP contribution in [0.1, 0.15) is 27.5 Å². The average Bonchev–Trinajstić information content (AvgIpc) is 2.79. The summed E-state index contributed by atoms with van der Waals surface area (Å²) in [5.41, 5.74) is 8.82. The molecule has 0 aromatic heterocycles. The molecule has 32 heavy (non-hydrogen) atoms. The second-order valence-electron chi connectivity index (χ2n) is 7.55. The Hall–Kier alpha value is -3.20. The van der Waals surface area contributed by atoms with Crippen LogP contribution in [0.3, 0.4) is 0 Å². The Balaban J connectivity index is 1.69. The van der Waals surface area contributed by atoms with Crippen LogP contribution in [0, 0.1) is 18.2 Å². The molecule has 1 unspecified atom stereocenters. The van der Waals surface area contributed by atoms with Gasteiger partial charge in [0.25, 0.3) is 5.91 Å². The van der Waals surface area contributed by atoms with E-state index in [4.69, 9.17) is 35.4 Å². The molecule has 7 heteroatoms. The number of hydrogen-bond donors (Lipinski definition) is 1. The Labute approximate surface area is 196 Å². The monoisotopic (exact) mass is 467 g/mol. The van der Waals surface area contributed by atoms with E-state index in [-0.39, 0.29) is 23.2 Å². The fraction of sp³-hybridized carbons (Fsp3) is 0.160. The summed E-state index contributed by atoms with van der Waals surface area (Å²) in [7, 11) is 0. The lowest BCUT2D eigenvalue weighted by Crippen LogP contribution is -2.50. The normalized spacial score (nSPS) is 16.0. The maximum atomic E-state index is 13.5. The number of hydrogen-bond acceptors (Lipinski definition) is 3. The number of halogens is 3. The number of amides is 1. The van der Waals surface area contributed by atoms with Crippen molar-refractivity contribution < 1.29 is 9.18 Å². The van der Waals surface area contributed by atoms with Gasteiger partial charge in [-0.1, -0.05) is 41.3 Å². The zero-order chi connectivity index (χ0) is 22.8. The quantitative estimate of drug-likeness (QED) is 0.414. The van der Waals surface area contributed by atoms with Crippen molar-refractivity contribution in [2.45, 2.75) is 6.04 Å². The van der Waals surface area contributed by atoms with Gasteiger partial charge in [-0.15, -0.1) is 6.42 Å². The van der Waals surface area contributed by atoms with Crippen LogP contribution in [0.2, 0.25) is 10.0 Å². The molecular formula is C25H20Cl2FN3O. The molecule has 1 aliphatic rings. The Morgan fingerprint density at radius 3 is 2.47 bits per heavy atom. The standard InChI is InChI=1S/C25H20Cl2FN3O/c1-2-16-3-10-23(21(27)13-16)31-12-11-30(15-24(31)17-4-6-18(26)7-5-17)25(32)20-9-8-19(28)14-22(20)29/h1,3-10,13-14,24H,11-12,15,29H2. The third kappa shape index (κ3) is 4.38. The van der Waals surface area contributed by atoms with Crippen molar-refractivity contribution in [3.63, 3.8) is 0 Å². The SMILES string of the molecule is C#Cc1ccc(N2CCN(C(=O)c3ccc(F)cc3N)CC2c2ccc(Cl)cc2)c(Cl)c1. The van der Waals surface area contributed by atoms with Crippen LogP contribution in [-0.2, 0) is 0 Å². The molecule has 1 atom stereocenters. The minimum atomic E-state index is -0.479. The summed E-state index contributed by atoms with van der Waals surface area (Å²) in [6, 6.07) is 16.6. The van der Waals surface area contributed by atoms with E-state index in [1.165, 1.54) is 12.1 Å². The predicted molar refractivity (Wildman–Crippen MR) is 128 cm³/mol. The zero-order valence-corrected chi connectivity index (χ0v) is 18.6. The van der Waals surface area contributed by atoms with Gasteiger partial charge in [-0.05, 0) is 54.1 Å². The Kier molecular flexibility index (Phi) is 6.27. The summed E-state index contributed by atoms with van der Waals surface area (Å²) in [5.74, 6) is 1.87. The summed E-state index contributed by atoms with van der Waals surface area (Å²) in [6.07, 6.45) is 5.50. The molecule has 0 radical (unpaired) electrons. The number of anilines is 2. The number of piperazine rings is 1. The molecule has 2 N–H and O–H groups in total. The summed E-state index contributed by atoms with van der Waals surface area (Å²) >= 11 is 12.6. The lowest BCUT2D eigenvalue weighted by molar-refractivity contribution is 0.0723. The smallest absolute Gasteiger partial charge is 0.256 e. The van der Waals surface area contributed by atoms with Crippen LogP contribution in [-0.4, -0.2) is 30.4 Å². The van der Waals surface area contributed by atoms with Crippen LogP contribution < -0.4 is 10.6 Å². The summed E-state index contributed by atoms with van der Waals surface area (Å²) < 4.78 is 13.5. The van der Waals surface area contributed by atoms with E-state index in [0.717, 1.165) is 17.3 Å². The Bertz CT molecular complexity index is 1210. The van der Waals surface area contributed by atoms with E-state index in [1.807, 2.05) is 36.4 Å². The highest BCUT2D eigenvalue weighted by molar-refractivity contribution is 6.33. The fourth-order valence-electron chi connectivity index (χ4n) is 3.95. The second kappa shape index (κ2) is 9.12. The van der Waals surface area contributed by atoms with Crippen molar-refractivity contribution in [2.75, 3.05) is 30.3 Å². The van der Waals surface area contributed by atoms with Crippen molar-refractivity contribution in [1.82, 2.24) is 4.90 Å². The summed E-state index contributed by atoms with van der Waals surface area (Å²) in [4.78, 5) is 17.1. The minimum absolute atomic E-state index is 0.119. The molecule has 0 aliphatic carbocycles. The van der Waals surface area contributed by atoms with E-state index in [2.05, 4.69) is 10.8 Å². The molecule has 1 aliphatic heterocycles. The van der Waals surface area contributed by atoms with Crippen LogP contribution in [0.15, 0.2) is 60.7 Å². The van der Waals surface area contributed by atoms with Crippen molar-refractivity contribution >= 4 is 40.5 Å². The third-order valence-corrected chi connectivity index (χ3v) is 6.14. The van der Waals surface area contributed by atoms with Crippen molar-refractivity contribution in [1.29, 1.82) is 0 Å². The van der Waals surface area contributed by atoms with Crippen LogP contribution in [0.4, 0.5) is 15.8 Å². The van der Waals surface area contributed by atoms with E-state index in [9.17, 15) is 9.18 Å². The molecule has 0 bridgehead atoms. The fourth-order valence-corrected chi connectivity index (χ4v) is 4.37.